The van der Waals surface area contributed by atoms with Crippen LogP contribution in [0.3, 0.4) is 0 Å². The van der Waals surface area contributed by atoms with Gasteiger partial charge in [-0.2, -0.15) is 0 Å². The van der Waals surface area contributed by atoms with Crippen LogP contribution in [0, 0.1) is 5.92 Å². The first-order chi connectivity index (χ1) is 11.2. The molecule has 114 valence electrons. The summed E-state index contributed by atoms with van der Waals surface area (Å²) in [5.74, 6) is -0.175. The molecular weight excluding hydrogens is 324 g/mol. The predicted molar refractivity (Wildman–Crippen MR) is 98.9 cm³/mol. The molecule has 2 unspecified atom stereocenters. The summed E-state index contributed by atoms with van der Waals surface area (Å²) in [6.45, 7) is 0. The number of anilines is 1. The van der Waals surface area contributed by atoms with Crippen molar-refractivity contribution in [2.45, 2.75) is 5.37 Å². The molecule has 5 heteroatoms. The van der Waals surface area contributed by atoms with Crippen molar-refractivity contribution < 1.29 is 4.79 Å². The number of thiocarbonyl (C=S) groups is 1. The Morgan fingerprint density at radius 3 is 2.35 bits per heavy atom. The Morgan fingerprint density at radius 1 is 1.00 bits per heavy atom. The molecule has 0 aliphatic carbocycles. The van der Waals surface area contributed by atoms with Gasteiger partial charge in [-0.15, -0.1) is 0 Å². The maximum atomic E-state index is 12.9. The van der Waals surface area contributed by atoms with Gasteiger partial charge in [0.15, 0.2) is 5.11 Å². The summed E-state index contributed by atoms with van der Waals surface area (Å²) in [5, 5.41) is 3.75. The lowest BCUT2D eigenvalue weighted by atomic mass is 10.0. The molecule has 2 aliphatic rings. The number of carbonyl (C=O) groups excluding carboxylic acids is 1. The number of nitrogens with one attached hydrogen (secondary N) is 1. The van der Waals surface area contributed by atoms with Crippen molar-refractivity contribution in [1.29, 1.82) is 0 Å². The number of nitrogens with zero attached hydrogens (tertiary/aromatic N) is 1. The molecule has 1 amide bonds. The van der Waals surface area contributed by atoms with E-state index in [2.05, 4.69) is 23.5 Å². The second kappa shape index (κ2) is 5.83. The topological polar surface area (TPSA) is 32.3 Å². The minimum absolute atomic E-state index is 0.0230. The number of fused-ring (bicyclic) bond motifs is 1. The van der Waals surface area contributed by atoms with Crippen LogP contribution in [0.1, 0.15) is 5.56 Å². The van der Waals surface area contributed by atoms with Gasteiger partial charge in [0, 0.05) is 4.91 Å². The molecule has 3 nitrogen and oxygen atoms in total. The first-order valence-corrected chi connectivity index (χ1v) is 8.66. The largest absolute Gasteiger partial charge is 0.349 e. The smallest absolute Gasteiger partial charge is 0.243 e. The van der Waals surface area contributed by atoms with Gasteiger partial charge < -0.3 is 5.32 Å². The Balaban J connectivity index is 1.67. The molecule has 2 atom stereocenters. The third kappa shape index (κ3) is 2.56. The van der Waals surface area contributed by atoms with Crippen molar-refractivity contribution in [3.63, 3.8) is 0 Å². The Hall–Kier alpha value is -2.11. The summed E-state index contributed by atoms with van der Waals surface area (Å²) < 4.78 is 0. The molecule has 0 radical (unpaired) electrons. The maximum Gasteiger partial charge on any atom is 0.243 e. The summed E-state index contributed by atoms with van der Waals surface area (Å²) in [6.07, 6.45) is 2.05. The van der Waals surface area contributed by atoms with Gasteiger partial charge in [0.2, 0.25) is 5.91 Å². The normalized spacial score (nSPS) is 23.3. The zero-order valence-electron chi connectivity index (χ0n) is 12.2. The highest BCUT2D eigenvalue weighted by Crippen LogP contribution is 2.43. The van der Waals surface area contributed by atoms with Crippen LogP contribution in [0.4, 0.5) is 5.69 Å². The number of hydrogen-bond donors (Lipinski definition) is 1. The predicted octanol–water partition coefficient (Wildman–Crippen LogP) is 3.64. The van der Waals surface area contributed by atoms with E-state index in [1.807, 2.05) is 48.5 Å². The van der Waals surface area contributed by atoms with E-state index in [1.165, 1.54) is 0 Å². The van der Waals surface area contributed by atoms with E-state index >= 15 is 0 Å². The third-order valence-corrected chi connectivity index (χ3v) is 5.55. The quantitative estimate of drug-likeness (QED) is 0.848. The van der Waals surface area contributed by atoms with Gasteiger partial charge in [-0.25, -0.2) is 0 Å². The number of rotatable bonds is 2. The van der Waals surface area contributed by atoms with Gasteiger partial charge in [-0.3, -0.25) is 9.69 Å². The Bertz CT molecular complexity index is 789. The van der Waals surface area contributed by atoms with Gasteiger partial charge in [0.05, 0.1) is 17.0 Å². The van der Waals surface area contributed by atoms with Gasteiger partial charge in [0.25, 0.3) is 0 Å². The van der Waals surface area contributed by atoms with Gasteiger partial charge in [0.1, 0.15) is 0 Å². The summed E-state index contributed by atoms with van der Waals surface area (Å²) in [5.41, 5.74) is 1.94. The van der Waals surface area contributed by atoms with E-state index in [9.17, 15) is 4.79 Å². The molecule has 1 saturated heterocycles. The van der Waals surface area contributed by atoms with Crippen molar-refractivity contribution in [3.8, 4) is 0 Å². The van der Waals surface area contributed by atoms with Crippen LogP contribution in [0.25, 0.3) is 4.91 Å². The molecule has 1 fully saturated rings. The average Bonchev–Trinajstić information content (AvgIpc) is 3.01. The van der Waals surface area contributed by atoms with Crippen molar-refractivity contribution in [1.82, 2.24) is 5.32 Å². The molecule has 0 aromatic heterocycles. The number of thioether (sulfide) groups is 1. The van der Waals surface area contributed by atoms with Crippen LogP contribution in [0.15, 0.2) is 66.7 Å². The summed E-state index contributed by atoms with van der Waals surface area (Å²) >= 11 is 7.09. The van der Waals surface area contributed by atoms with Crippen LogP contribution in [-0.4, -0.2) is 16.4 Å². The van der Waals surface area contributed by atoms with E-state index in [-0.39, 0.29) is 17.2 Å². The zero-order chi connectivity index (χ0) is 15.8. The molecular formula is C18H14N2OS2. The SMILES string of the molecule is O=C1C2C=C(c3ccccc3)SC2NC(=S)N1c1ccccc1. The molecule has 2 aliphatic heterocycles. The van der Waals surface area contributed by atoms with Crippen molar-refractivity contribution >= 4 is 45.6 Å². The standard InChI is InChI=1S/C18H14N2OS2/c21-17-14-11-15(12-7-3-1-4-8-12)23-16(14)19-18(22)20(17)13-9-5-2-6-10-13/h1-11,14,16H,(H,19,22). The average molecular weight is 338 g/mol. The number of amides is 1. The molecule has 0 spiro atoms. The van der Waals surface area contributed by atoms with E-state index in [4.69, 9.17) is 12.2 Å². The van der Waals surface area contributed by atoms with Crippen LogP contribution in [-0.2, 0) is 4.79 Å². The van der Waals surface area contributed by atoms with Gasteiger partial charge >= 0.3 is 0 Å². The number of para-hydroxylation sites is 1. The summed E-state index contributed by atoms with van der Waals surface area (Å²) in [4.78, 5) is 15.7. The molecule has 23 heavy (non-hydrogen) atoms. The highest BCUT2D eigenvalue weighted by atomic mass is 32.2. The number of carbonyl (C=O) groups is 1. The molecule has 2 aromatic carbocycles. The zero-order valence-corrected chi connectivity index (χ0v) is 13.8. The maximum absolute atomic E-state index is 12.9. The van der Waals surface area contributed by atoms with Crippen LogP contribution >= 0.6 is 24.0 Å². The lowest BCUT2D eigenvalue weighted by Crippen LogP contribution is -2.57. The fourth-order valence-corrected chi connectivity index (χ4v) is 4.52. The van der Waals surface area contributed by atoms with Crippen molar-refractivity contribution in [2.75, 3.05) is 4.90 Å². The minimum atomic E-state index is -0.206. The monoisotopic (exact) mass is 338 g/mol. The fourth-order valence-electron chi connectivity index (χ4n) is 2.84. The number of benzene rings is 2. The lowest BCUT2D eigenvalue weighted by Gasteiger charge is -2.35. The van der Waals surface area contributed by atoms with E-state index in [0.717, 1.165) is 16.2 Å². The summed E-state index contributed by atoms with van der Waals surface area (Å²) in [7, 11) is 0. The first kappa shape index (κ1) is 14.5. The van der Waals surface area contributed by atoms with Crippen LogP contribution in [0.2, 0.25) is 0 Å². The van der Waals surface area contributed by atoms with Crippen molar-refractivity contribution in [2.24, 2.45) is 5.92 Å². The van der Waals surface area contributed by atoms with Crippen LogP contribution < -0.4 is 10.2 Å². The van der Waals surface area contributed by atoms with Crippen molar-refractivity contribution in [3.05, 3.63) is 72.3 Å². The van der Waals surface area contributed by atoms with Gasteiger partial charge in [-0.1, -0.05) is 66.4 Å². The highest BCUT2D eigenvalue weighted by Gasteiger charge is 2.43. The van der Waals surface area contributed by atoms with Crippen LogP contribution in [0.5, 0.6) is 0 Å². The molecule has 1 N–H and O–H groups in total. The Morgan fingerprint density at radius 2 is 1.65 bits per heavy atom. The molecule has 0 bridgehead atoms. The van der Waals surface area contributed by atoms with E-state index in [0.29, 0.717) is 5.11 Å². The minimum Gasteiger partial charge on any atom is -0.349 e. The molecule has 0 saturated carbocycles. The number of hydrogen-bond acceptors (Lipinski definition) is 3. The molecule has 2 heterocycles. The Labute approximate surface area is 144 Å². The first-order valence-electron chi connectivity index (χ1n) is 7.37. The highest BCUT2D eigenvalue weighted by molar-refractivity contribution is 8.09. The molecule has 2 aromatic rings. The summed E-state index contributed by atoms with van der Waals surface area (Å²) in [6, 6.07) is 19.7. The fraction of sp³-hybridized carbons (Fsp3) is 0.111. The Kier molecular flexibility index (Phi) is 3.67. The van der Waals surface area contributed by atoms with E-state index < -0.39 is 0 Å². The second-order valence-electron chi connectivity index (χ2n) is 5.42. The lowest BCUT2D eigenvalue weighted by molar-refractivity contribution is -0.120. The molecule has 4 rings (SSSR count). The second-order valence-corrected chi connectivity index (χ2v) is 6.99. The van der Waals surface area contributed by atoms with E-state index in [1.54, 1.807) is 16.7 Å². The van der Waals surface area contributed by atoms with Gasteiger partial charge in [-0.05, 0) is 29.9 Å². The third-order valence-electron chi connectivity index (χ3n) is 3.96.